The minimum absolute atomic E-state index is 0.0333. The van der Waals surface area contributed by atoms with Gasteiger partial charge in [0.05, 0.1) is 12.2 Å². The molecule has 0 saturated carbocycles. The van der Waals surface area contributed by atoms with E-state index in [1.54, 1.807) is 0 Å². The fraction of sp³-hybridized carbons (Fsp3) is 0.636. The van der Waals surface area contributed by atoms with Gasteiger partial charge in [-0.2, -0.15) is 0 Å². The predicted octanol–water partition coefficient (Wildman–Crippen LogP) is 0.300. The maximum Gasteiger partial charge on any atom is 0.305 e. The van der Waals surface area contributed by atoms with E-state index in [4.69, 9.17) is 5.11 Å². The summed E-state index contributed by atoms with van der Waals surface area (Å²) in [6.07, 6.45) is 1.68. The maximum atomic E-state index is 11.8. The topological polar surface area (TPSA) is 91.8 Å². The first-order valence-corrected chi connectivity index (χ1v) is 7.45. The van der Waals surface area contributed by atoms with Crippen LogP contribution >= 0.6 is 0 Å². The van der Waals surface area contributed by atoms with Crippen LogP contribution in [0.15, 0.2) is 12.7 Å². The van der Waals surface area contributed by atoms with E-state index in [2.05, 4.69) is 6.58 Å². The van der Waals surface area contributed by atoms with Crippen LogP contribution in [0, 0.1) is 0 Å². The Morgan fingerprint density at radius 1 is 1.33 bits per heavy atom. The van der Waals surface area contributed by atoms with Crippen LogP contribution in [-0.2, 0) is 19.4 Å². The van der Waals surface area contributed by atoms with Gasteiger partial charge < -0.3 is 10.0 Å². The average molecular weight is 277 g/mol. The molecule has 0 heterocycles. The molecule has 0 spiro atoms. The molecule has 0 aromatic heterocycles. The molecule has 0 aliphatic heterocycles. The number of carboxylic acid groups (broad SMARTS) is 1. The molecular formula is C11H19NO5S. The number of carboxylic acids is 1. The molecule has 7 heteroatoms. The van der Waals surface area contributed by atoms with Crippen molar-refractivity contribution >= 4 is 21.7 Å². The standard InChI is InChI=1S/C11H19NO5S/c1-3-6-12(7-5-11(14)15)10(13)9-18(16,17)8-4-2/h4H,2-3,5-9H2,1H3,(H,14,15). The van der Waals surface area contributed by atoms with Gasteiger partial charge in [0.15, 0.2) is 9.84 Å². The second-order valence-corrected chi connectivity index (χ2v) is 5.98. The van der Waals surface area contributed by atoms with Crippen LogP contribution in [0.2, 0.25) is 0 Å². The molecule has 0 aromatic rings. The molecule has 0 fully saturated rings. The lowest BCUT2D eigenvalue weighted by atomic mass is 10.3. The first kappa shape index (κ1) is 16.6. The fourth-order valence-corrected chi connectivity index (χ4v) is 2.42. The van der Waals surface area contributed by atoms with Gasteiger partial charge in [-0.15, -0.1) is 6.58 Å². The first-order chi connectivity index (χ1) is 8.32. The third kappa shape index (κ3) is 7.05. The van der Waals surface area contributed by atoms with Gasteiger partial charge in [0, 0.05) is 13.1 Å². The van der Waals surface area contributed by atoms with E-state index in [0.29, 0.717) is 13.0 Å². The van der Waals surface area contributed by atoms with Crippen molar-refractivity contribution < 1.29 is 23.1 Å². The Labute approximate surface area is 107 Å². The first-order valence-electron chi connectivity index (χ1n) is 5.63. The average Bonchev–Trinajstić information content (AvgIpc) is 2.22. The summed E-state index contributed by atoms with van der Waals surface area (Å²) >= 11 is 0. The molecule has 0 aliphatic carbocycles. The number of carbonyl (C=O) groups excluding carboxylic acids is 1. The van der Waals surface area contributed by atoms with Gasteiger partial charge in [0.25, 0.3) is 0 Å². The number of amides is 1. The molecule has 0 radical (unpaired) electrons. The SMILES string of the molecule is C=CCS(=O)(=O)CC(=O)N(CCC)CCC(=O)O. The Balaban J connectivity index is 4.56. The summed E-state index contributed by atoms with van der Waals surface area (Å²) < 4.78 is 22.9. The van der Waals surface area contributed by atoms with Crippen molar-refractivity contribution in [3.8, 4) is 0 Å². The highest BCUT2D eigenvalue weighted by atomic mass is 32.2. The van der Waals surface area contributed by atoms with Gasteiger partial charge in [-0.1, -0.05) is 13.0 Å². The normalized spacial score (nSPS) is 10.9. The van der Waals surface area contributed by atoms with E-state index in [-0.39, 0.29) is 18.7 Å². The lowest BCUT2D eigenvalue weighted by Crippen LogP contribution is -2.38. The zero-order chi connectivity index (χ0) is 14.2. The number of rotatable bonds is 9. The van der Waals surface area contributed by atoms with Gasteiger partial charge in [-0.05, 0) is 6.42 Å². The molecule has 0 aromatic carbocycles. The Kier molecular flexibility index (Phi) is 7.26. The smallest absolute Gasteiger partial charge is 0.305 e. The zero-order valence-electron chi connectivity index (χ0n) is 10.5. The largest absolute Gasteiger partial charge is 0.481 e. The van der Waals surface area contributed by atoms with Gasteiger partial charge in [0.1, 0.15) is 5.75 Å². The molecule has 104 valence electrons. The fourth-order valence-electron chi connectivity index (χ4n) is 1.38. The Bertz CT molecular complexity index is 402. The van der Waals surface area contributed by atoms with Crippen molar-refractivity contribution in [3.63, 3.8) is 0 Å². The third-order valence-corrected chi connectivity index (χ3v) is 3.59. The minimum atomic E-state index is -3.49. The predicted molar refractivity (Wildman–Crippen MR) is 68.0 cm³/mol. The highest BCUT2D eigenvalue weighted by Gasteiger charge is 2.20. The number of sulfone groups is 1. The van der Waals surface area contributed by atoms with Gasteiger partial charge in [-0.25, -0.2) is 8.42 Å². The highest BCUT2D eigenvalue weighted by Crippen LogP contribution is 2.00. The van der Waals surface area contributed by atoms with Gasteiger partial charge in [-0.3, -0.25) is 9.59 Å². The van der Waals surface area contributed by atoms with Crippen LogP contribution in [-0.4, -0.2) is 54.9 Å². The number of aliphatic carboxylic acids is 1. The molecule has 1 N–H and O–H groups in total. The maximum absolute atomic E-state index is 11.8. The third-order valence-electron chi connectivity index (χ3n) is 2.16. The van der Waals surface area contributed by atoms with E-state index >= 15 is 0 Å². The molecule has 0 rings (SSSR count). The van der Waals surface area contributed by atoms with Crippen molar-refractivity contribution in [3.05, 3.63) is 12.7 Å². The summed E-state index contributed by atoms with van der Waals surface area (Å²) in [6.45, 7) is 5.53. The van der Waals surface area contributed by atoms with Gasteiger partial charge in [0.2, 0.25) is 5.91 Å². The van der Waals surface area contributed by atoms with Crippen molar-refractivity contribution in [2.45, 2.75) is 19.8 Å². The molecule has 0 aliphatic rings. The molecule has 18 heavy (non-hydrogen) atoms. The Morgan fingerprint density at radius 3 is 2.39 bits per heavy atom. The lowest BCUT2D eigenvalue weighted by molar-refractivity contribution is -0.138. The number of hydrogen-bond donors (Lipinski definition) is 1. The zero-order valence-corrected chi connectivity index (χ0v) is 11.3. The van der Waals surface area contributed by atoms with Crippen LogP contribution in [0.4, 0.5) is 0 Å². The molecular weight excluding hydrogens is 258 g/mol. The quantitative estimate of drug-likeness (QED) is 0.612. The number of hydrogen-bond acceptors (Lipinski definition) is 4. The van der Waals surface area contributed by atoms with Crippen LogP contribution in [0.5, 0.6) is 0 Å². The lowest BCUT2D eigenvalue weighted by Gasteiger charge is -2.21. The summed E-state index contributed by atoms with van der Waals surface area (Å²) in [5, 5.41) is 8.56. The highest BCUT2D eigenvalue weighted by molar-refractivity contribution is 7.92. The monoisotopic (exact) mass is 277 g/mol. The van der Waals surface area contributed by atoms with E-state index in [9.17, 15) is 18.0 Å². The second kappa shape index (κ2) is 7.86. The Hall–Kier alpha value is -1.37. The van der Waals surface area contributed by atoms with Crippen molar-refractivity contribution in [2.75, 3.05) is 24.6 Å². The second-order valence-electron chi connectivity index (χ2n) is 3.87. The molecule has 0 bridgehead atoms. The minimum Gasteiger partial charge on any atom is -0.481 e. The van der Waals surface area contributed by atoms with Crippen molar-refractivity contribution in [1.29, 1.82) is 0 Å². The summed E-state index contributed by atoms with van der Waals surface area (Å²) in [7, 11) is -3.49. The van der Waals surface area contributed by atoms with E-state index in [1.165, 1.54) is 11.0 Å². The molecule has 0 unspecified atom stereocenters. The van der Waals surface area contributed by atoms with Crippen LogP contribution < -0.4 is 0 Å². The summed E-state index contributed by atoms with van der Waals surface area (Å²) in [5.74, 6) is -2.42. The van der Waals surface area contributed by atoms with Gasteiger partial charge >= 0.3 is 5.97 Å². The van der Waals surface area contributed by atoms with Crippen LogP contribution in [0.1, 0.15) is 19.8 Å². The van der Waals surface area contributed by atoms with Crippen molar-refractivity contribution in [1.82, 2.24) is 4.90 Å². The number of carbonyl (C=O) groups is 2. The van der Waals surface area contributed by atoms with Crippen molar-refractivity contribution in [2.24, 2.45) is 0 Å². The molecule has 0 atom stereocenters. The van der Waals surface area contributed by atoms with Crippen LogP contribution in [0.25, 0.3) is 0 Å². The van der Waals surface area contributed by atoms with E-state index in [0.717, 1.165) is 0 Å². The molecule has 6 nitrogen and oxygen atoms in total. The molecule has 0 saturated heterocycles. The van der Waals surface area contributed by atoms with Crippen LogP contribution in [0.3, 0.4) is 0 Å². The van der Waals surface area contributed by atoms with E-state index < -0.39 is 27.5 Å². The summed E-state index contributed by atoms with van der Waals surface area (Å²) in [5.41, 5.74) is 0. The summed E-state index contributed by atoms with van der Waals surface area (Å²) in [4.78, 5) is 23.5. The van der Waals surface area contributed by atoms with E-state index in [1.807, 2.05) is 6.92 Å². The number of nitrogens with zero attached hydrogens (tertiary/aromatic N) is 1. The Morgan fingerprint density at radius 2 is 1.94 bits per heavy atom. The molecule has 1 amide bonds. The summed E-state index contributed by atoms with van der Waals surface area (Å²) in [6, 6.07) is 0.